The number of H-pyrrole nitrogens is 1. The summed E-state index contributed by atoms with van der Waals surface area (Å²) in [6, 6.07) is 7.94. The number of allylic oxidation sites excluding steroid dienone is 2. The van der Waals surface area contributed by atoms with E-state index >= 15 is 0 Å². The maximum Gasteiger partial charge on any atom is 1.00 e. The molecule has 16 nitrogen and oxygen atoms in total. The van der Waals surface area contributed by atoms with Gasteiger partial charge in [0.25, 0.3) is 11.5 Å². The molecule has 1 aromatic heterocycles. The third-order valence-corrected chi connectivity index (χ3v) is 7.20. The molecule has 0 aliphatic carbocycles. The Balaban J connectivity index is 0.00000323. The first-order valence-corrected chi connectivity index (χ1v) is 13.7. The molecule has 20 heteroatoms. The molecule has 0 fully saturated rings. The van der Waals surface area contributed by atoms with E-state index in [9.17, 15) is 55.3 Å². The molecule has 2 heterocycles. The largest absolute Gasteiger partial charge is 1.00 e. The Labute approximate surface area is 286 Å². The first-order valence-electron chi connectivity index (χ1n) is 10.9. The van der Waals surface area contributed by atoms with Gasteiger partial charge < -0.3 is 19.3 Å². The number of benzene rings is 2. The van der Waals surface area contributed by atoms with E-state index in [4.69, 9.17) is 0 Å². The number of nitrogens with zero attached hydrogens (tertiary/aromatic N) is 3. The molecule has 2 aromatic carbocycles. The van der Waals surface area contributed by atoms with E-state index in [2.05, 4.69) is 10.2 Å². The number of hydrogen-bond acceptors (Lipinski definition) is 11. The fourth-order valence-corrected chi connectivity index (χ4v) is 4.54. The average molecular weight is 648 g/mol. The Morgan fingerprint density at radius 1 is 0.814 bits per heavy atom. The Morgan fingerprint density at radius 2 is 1.30 bits per heavy atom. The van der Waals surface area contributed by atoms with Crippen molar-refractivity contribution < 1.29 is 110 Å². The van der Waals surface area contributed by atoms with Crippen LogP contribution in [0.25, 0.3) is 11.8 Å². The molecule has 1 aliphatic heterocycles. The minimum atomic E-state index is -4.78. The SMILES string of the molecule is O=C(O)C1=NN(c2ccc(S(=O)(=O)[O-])cc2)C(=O)C1=CC=Cc1c(C(=O)O)[nH]n(-c2ccc(S(=O)(=O)[O-])cc2)c1=O.[Na+].[Na+]. The zero-order chi connectivity index (χ0) is 30.3. The molecule has 1 aliphatic rings. The van der Waals surface area contributed by atoms with Gasteiger partial charge in [-0.1, -0.05) is 6.08 Å². The Kier molecular flexibility index (Phi) is 11.4. The standard InChI is InChI=1S/C23H16N4O12S2.2Na/c28-20-16(18(22(30)31)24-26(20)12-4-8-14(9-5-12)40(34,35)36)2-1-3-17-19(23(32)33)25-27(21(17)29)13-6-10-15(11-7-13)41(37,38)39;;/h1-11,24H,(H,30,31)(H,32,33)(H,34,35,36)(H,37,38,39);;/q;2*+1/p-2. The van der Waals surface area contributed by atoms with Crippen LogP contribution in [-0.4, -0.2) is 69.5 Å². The molecule has 0 radical (unpaired) electrons. The predicted octanol–water partition coefficient (Wildman–Crippen LogP) is -5.89. The summed E-state index contributed by atoms with van der Waals surface area (Å²) in [5, 5.41) is 25.7. The summed E-state index contributed by atoms with van der Waals surface area (Å²) < 4.78 is 67.5. The van der Waals surface area contributed by atoms with Crippen molar-refractivity contribution in [3.63, 3.8) is 0 Å². The number of aliphatic carboxylic acids is 1. The summed E-state index contributed by atoms with van der Waals surface area (Å²) >= 11 is 0. The van der Waals surface area contributed by atoms with Crippen LogP contribution in [0.1, 0.15) is 16.1 Å². The van der Waals surface area contributed by atoms with Gasteiger partial charge >= 0.3 is 71.1 Å². The zero-order valence-electron chi connectivity index (χ0n) is 22.0. The Morgan fingerprint density at radius 3 is 1.74 bits per heavy atom. The van der Waals surface area contributed by atoms with Crippen LogP contribution in [0, 0.1) is 0 Å². The average Bonchev–Trinajstić information content (AvgIpc) is 3.40. The van der Waals surface area contributed by atoms with E-state index in [-0.39, 0.29) is 70.5 Å². The molecule has 1 amide bonds. The number of nitrogens with one attached hydrogen (secondary N) is 1. The van der Waals surface area contributed by atoms with Gasteiger partial charge in [0.2, 0.25) is 0 Å². The van der Waals surface area contributed by atoms with Crippen molar-refractivity contribution in [3.8, 4) is 5.69 Å². The number of carbonyl (C=O) groups is 3. The van der Waals surface area contributed by atoms with Crippen LogP contribution in [-0.2, 0) is 29.8 Å². The van der Waals surface area contributed by atoms with Crippen molar-refractivity contribution in [2.45, 2.75) is 9.79 Å². The molecule has 0 saturated carbocycles. The molecule has 0 atom stereocenters. The molecule has 3 aromatic rings. The molecular weight excluding hydrogens is 634 g/mol. The molecular formula is C23H14N4Na2O12S2. The van der Waals surface area contributed by atoms with Gasteiger partial charge in [-0.3, -0.25) is 14.7 Å². The van der Waals surface area contributed by atoms with E-state index in [1.165, 1.54) is 0 Å². The number of aromatic amines is 1. The minimum absolute atomic E-state index is 0. The fourth-order valence-electron chi connectivity index (χ4n) is 3.60. The normalized spacial score (nSPS) is 14.4. The van der Waals surface area contributed by atoms with Crippen LogP contribution in [0.4, 0.5) is 5.69 Å². The van der Waals surface area contributed by atoms with Crippen LogP contribution >= 0.6 is 0 Å². The van der Waals surface area contributed by atoms with Crippen molar-refractivity contribution in [1.82, 2.24) is 9.78 Å². The molecule has 4 rings (SSSR count). The molecule has 0 bridgehead atoms. The molecule has 43 heavy (non-hydrogen) atoms. The third-order valence-electron chi connectivity index (χ3n) is 5.50. The molecule has 0 unspecified atom stereocenters. The molecule has 3 N–H and O–H groups in total. The topological polar surface area (TPSA) is 259 Å². The summed E-state index contributed by atoms with van der Waals surface area (Å²) in [6.07, 6.45) is 2.96. The number of hydrazone groups is 1. The van der Waals surface area contributed by atoms with Crippen LogP contribution in [0.5, 0.6) is 0 Å². The second-order valence-electron chi connectivity index (χ2n) is 8.05. The number of carboxylic acids is 2. The van der Waals surface area contributed by atoms with Crippen molar-refractivity contribution in [1.29, 1.82) is 0 Å². The van der Waals surface area contributed by atoms with Crippen LogP contribution < -0.4 is 69.7 Å². The van der Waals surface area contributed by atoms with Gasteiger partial charge in [-0.15, -0.1) is 0 Å². The van der Waals surface area contributed by atoms with E-state index < -0.39 is 76.0 Å². The van der Waals surface area contributed by atoms with Gasteiger partial charge in [0.05, 0.1) is 32.3 Å². The maximum absolute atomic E-state index is 12.9. The van der Waals surface area contributed by atoms with E-state index in [0.717, 1.165) is 71.4 Å². The summed E-state index contributed by atoms with van der Waals surface area (Å²) in [4.78, 5) is 48.1. The van der Waals surface area contributed by atoms with Gasteiger partial charge in [-0.25, -0.2) is 31.1 Å². The van der Waals surface area contributed by atoms with E-state index in [0.29, 0.717) is 5.01 Å². The van der Waals surface area contributed by atoms with Crippen LogP contribution in [0.15, 0.2) is 85.9 Å². The smallest absolute Gasteiger partial charge is 0.744 e. The van der Waals surface area contributed by atoms with Crippen molar-refractivity contribution in [2.75, 3.05) is 5.01 Å². The van der Waals surface area contributed by atoms with Crippen molar-refractivity contribution in [2.24, 2.45) is 5.10 Å². The van der Waals surface area contributed by atoms with Crippen LogP contribution in [0.3, 0.4) is 0 Å². The van der Waals surface area contributed by atoms with Crippen molar-refractivity contribution >= 4 is 55.6 Å². The van der Waals surface area contributed by atoms with Gasteiger partial charge in [0.15, 0.2) is 11.4 Å². The number of aromatic nitrogens is 2. The monoisotopic (exact) mass is 648 g/mol. The number of anilines is 1. The number of amides is 1. The second-order valence-corrected chi connectivity index (χ2v) is 10.8. The summed E-state index contributed by atoms with van der Waals surface area (Å²) in [5.74, 6) is -4.15. The van der Waals surface area contributed by atoms with Gasteiger partial charge in [-0.05, 0) is 60.7 Å². The molecule has 0 saturated heterocycles. The Bertz CT molecular complexity index is 1980. The first-order chi connectivity index (χ1) is 19.1. The zero-order valence-corrected chi connectivity index (χ0v) is 27.6. The first kappa shape index (κ1) is 36.0. The predicted molar refractivity (Wildman–Crippen MR) is 135 cm³/mol. The number of aromatic carboxylic acids is 1. The fraction of sp³-hybridized carbons (Fsp3) is 0. The minimum Gasteiger partial charge on any atom is -0.744 e. The van der Waals surface area contributed by atoms with Crippen molar-refractivity contribution in [3.05, 3.63) is 87.9 Å². The van der Waals surface area contributed by atoms with Gasteiger partial charge in [-0.2, -0.15) is 10.1 Å². The van der Waals surface area contributed by atoms with Crippen LogP contribution in [0.2, 0.25) is 0 Å². The summed E-state index contributed by atoms with van der Waals surface area (Å²) in [5.41, 5.74) is -3.23. The quantitative estimate of drug-likeness (QED) is 0.117. The summed E-state index contributed by atoms with van der Waals surface area (Å²) in [7, 11) is -9.55. The molecule has 0 spiro atoms. The van der Waals surface area contributed by atoms with Gasteiger partial charge in [0.1, 0.15) is 20.2 Å². The second kappa shape index (κ2) is 13.6. The number of rotatable bonds is 8. The number of hydrogen-bond donors (Lipinski definition) is 3. The maximum atomic E-state index is 12.9. The summed E-state index contributed by atoms with van der Waals surface area (Å²) in [6.45, 7) is 0. The van der Waals surface area contributed by atoms with E-state index in [1.807, 2.05) is 0 Å². The number of carbonyl (C=O) groups excluding carboxylic acids is 1. The van der Waals surface area contributed by atoms with E-state index in [1.54, 1.807) is 0 Å². The van der Waals surface area contributed by atoms with Gasteiger partial charge in [0, 0.05) is 0 Å². The molecule has 212 valence electrons. The third kappa shape index (κ3) is 7.68. The Hall–Kier alpha value is -3.17. The number of carboxylic acid groups (broad SMARTS) is 2.